The van der Waals surface area contributed by atoms with Crippen molar-refractivity contribution < 1.29 is 85.5 Å². The van der Waals surface area contributed by atoms with Crippen molar-refractivity contribution in [1.82, 2.24) is 0 Å². The molecular formula is HAlOPrSm. The fraction of sp³-hybridized carbons (Fsp3) is 0. The van der Waals surface area contributed by atoms with Crippen LogP contribution in [0, 0.1) is 81.7 Å². The fourth-order valence-electron chi connectivity index (χ4n) is 0. The van der Waals surface area contributed by atoms with E-state index < -0.39 is 0 Å². The van der Waals surface area contributed by atoms with Gasteiger partial charge in [0.15, 0.2) is 0 Å². The van der Waals surface area contributed by atoms with Crippen LogP contribution in [0.5, 0.6) is 0 Å². The van der Waals surface area contributed by atoms with Crippen LogP contribution >= 0.6 is 0 Å². The normalized spacial score (nSPS) is 0.750. The zero-order chi connectivity index (χ0) is 2.00. The summed E-state index contributed by atoms with van der Waals surface area (Å²) in [6.45, 7) is 0. The zero-order valence-electron chi connectivity index (χ0n) is 2.10. The summed E-state index contributed by atoms with van der Waals surface area (Å²) >= 11 is 0.611. The predicted octanol–water partition coefficient (Wildman–Crippen LogP) is -0.767. The van der Waals surface area contributed by atoms with E-state index in [2.05, 4.69) is 0 Å². The van der Waals surface area contributed by atoms with E-state index in [0.717, 1.165) is 0 Å². The van der Waals surface area contributed by atoms with Crippen LogP contribution in [0.3, 0.4) is 0 Å². The third-order valence-electron chi connectivity index (χ3n) is 0. The Morgan fingerprint density at radius 2 is 1.25 bits per heavy atom. The Hall–Kier alpha value is 3.03. The minimum atomic E-state index is 0. The molecule has 0 spiro atoms. The van der Waals surface area contributed by atoms with Gasteiger partial charge < -0.3 is 0 Å². The molecule has 0 fully saturated rings. The van der Waals surface area contributed by atoms with Crippen LogP contribution in [0.4, 0.5) is 0 Å². The van der Waals surface area contributed by atoms with E-state index in [4.69, 9.17) is 3.80 Å². The molecule has 0 aliphatic carbocycles. The fourth-order valence-corrected chi connectivity index (χ4v) is 0. The molecule has 0 N–H and O–H groups in total. The molecule has 0 heterocycles. The minimum absolute atomic E-state index is 0. The first kappa shape index (κ1) is 15.7. The Kier molecular flexibility index (Phi) is 65.4. The van der Waals surface area contributed by atoms with Crippen molar-refractivity contribution in [3.63, 3.8) is 0 Å². The van der Waals surface area contributed by atoms with Crippen LogP contribution in [0.15, 0.2) is 0 Å². The molecule has 0 rings (SSSR count). The molecule has 0 unspecified atom stereocenters. The summed E-state index contributed by atoms with van der Waals surface area (Å²) in [5.41, 5.74) is 0. The maximum absolute atomic E-state index is 8.28. The molecule has 0 saturated heterocycles. The molecule has 0 aromatic heterocycles. The molecule has 0 saturated carbocycles. The molecule has 0 aliphatic heterocycles. The van der Waals surface area contributed by atoms with Crippen molar-refractivity contribution in [3.05, 3.63) is 0 Å². The van der Waals surface area contributed by atoms with Crippen LogP contribution in [0.1, 0.15) is 0 Å². The molecule has 4 heavy (non-hydrogen) atoms. The average molecular weight is 335 g/mol. The van der Waals surface area contributed by atoms with Gasteiger partial charge in [-0.2, -0.15) is 0 Å². The summed E-state index contributed by atoms with van der Waals surface area (Å²) in [6.07, 6.45) is 0. The molecule has 0 amide bonds. The first-order valence-corrected chi connectivity index (χ1v) is 0.866. The van der Waals surface area contributed by atoms with Gasteiger partial charge in [-0.1, -0.05) is 0 Å². The van der Waals surface area contributed by atoms with Gasteiger partial charge in [-0.3, -0.25) is 0 Å². The summed E-state index contributed by atoms with van der Waals surface area (Å²) in [7, 11) is 0. The monoisotopic (exact) mass is 337 g/mol. The minimum Gasteiger partial charge on any atom is 0 e. The second-order valence-electron chi connectivity index (χ2n) is 0. The van der Waals surface area contributed by atoms with E-state index in [1.807, 2.05) is 0 Å². The Labute approximate surface area is 99.0 Å². The van der Waals surface area contributed by atoms with E-state index in [1.165, 1.54) is 0 Å². The summed E-state index contributed by atoms with van der Waals surface area (Å²) in [4.78, 5) is 0. The van der Waals surface area contributed by atoms with Crippen LogP contribution in [-0.2, 0) is 3.80 Å². The van der Waals surface area contributed by atoms with Crippen LogP contribution in [-0.4, -0.2) is 16.2 Å². The van der Waals surface area contributed by atoms with Gasteiger partial charge in [0.05, 0.1) is 0 Å². The Bertz CT molecular complexity index is 8.00. The predicted molar refractivity (Wildman–Crippen MR) is 7.84 cm³/mol. The van der Waals surface area contributed by atoms with Gasteiger partial charge in [-0.25, -0.2) is 0 Å². The molecule has 0 aromatic carbocycles. The van der Waals surface area contributed by atoms with Gasteiger partial charge in [-0.05, 0) is 0 Å². The van der Waals surface area contributed by atoms with Gasteiger partial charge in [0.25, 0.3) is 0 Å². The first-order valence-electron chi connectivity index (χ1n) is 0.289. The van der Waals surface area contributed by atoms with Crippen molar-refractivity contribution >= 4 is 16.2 Å². The van der Waals surface area contributed by atoms with Crippen molar-refractivity contribution in [2.24, 2.45) is 0 Å². The zero-order valence-corrected chi connectivity index (χ0v) is 9.84. The standard InChI is InChI=1S/Al.O.Pr.Sm.H. The van der Waals surface area contributed by atoms with Gasteiger partial charge in [0, 0.05) is 81.7 Å². The van der Waals surface area contributed by atoms with E-state index in [0.29, 0.717) is 16.2 Å². The van der Waals surface area contributed by atoms with Crippen molar-refractivity contribution in [1.29, 1.82) is 0 Å². The summed E-state index contributed by atoms with van der Waals surface area (Å²) in [5.74, 6) is 0. The molecule has 0 bridgehead atoms. The molecule has 0 aromatic rings. The van der Waals surface area contributed by atoms with E-state index in [9.17, 15) is 0 Å². The number of hydrogen-bond donors (Lipinski definition) is 0. The molecule has 1 nitrogen and oxygen atoms in total. The Morgan fingerprint density at radius 1 is 1.25 bits per heavy atom. The first-order chi connectivity index (χ1) is 1.00. The van der Waals surface area contributed by atoms with Gasteiger partial charge >= 0.3 is 20.0 Å². The SMILES string of the molecule is [O]=[AlH].[Pr].[Sm]. The van der Waals surface area contributed by atoms with Crippen molar-refractivity contribution in [2.75, 3.05) is 0 Å². The molecule has 4 heteroatoms. The summed E-state index contributed by atoms with van der Waals surface area (Å²) in [5, 5.41) is 0. The quantitative estimate of drug-likeness (QED) is 0.532. The molecule has 19 valence electrons. The second kappa shape index (κ2) is 16.6. The van der Waals surface area contributed by atoms with Gasteiger partial charge in [-0.15, -0.1) is 0 Å². The van der Waals surface area contributed by atoms with Crippen LogP contribution in [0.2, 0.25) is 0 Å². The Morgan fingerprint density at radius 3 is 1.25 bits per heavy atom. The third-order valence-corrected chi connectivity index (χ3v) is 0. The topological polar surface area (TPSA) is 17.1 Å². The Balaban J connectivity index is -0.00000000500. The molecule has 0 atom stereocenters. The second-order valence-corrected chi connectivity index (χ2v) is 0. The van der Waals surface area contributed by atoms with E-state index in [1.54, 1.807) is 0 Å². The van der Waals surface area contributed by atoms with Crippen molar-refractivity contribution in [3.8, 4) is 0 Å². The maximum Gasteiger partial charge on any atom is 0 e. The number of rotatable bonds is 0. The molecular weight excluding hydrogens is 334 g/mol. The van der Waals surface area contributed by atoms with E-state index >= 15 is 0 Å². The molecule has 1 radical (unpaired) electrons. The van der Waals surface area contributed by atoms with Gasteiger partial charge in [0.1, 0.15) is 0 Å². The molecule has 0 aliphatic rings. The smallest absolute Gasteiger partial charge is 0 e. The largest absolute Gasteiger partial charge is 0 e. The third kappa shape index (κ3) is 8.90. The summed E-state index contributed by atoms with van der Waals surface area (Å²) in [6, 6.07) is 0. The maximum atomic E-state index is 8.28. The van der Waals surface area contributed by atoms with Crippen molar-refractivity contribution in [2.45, 2.75) is 0 Å². The van der Waals surface area contributed by atoms with Crippen LogP contribution in [0.25, 0.3) is 0 Å². The van der Waals surface area contributed by atoms with Crippen LogP contribution < -0.4 is 0 Å². The average Bonchev–Trinajstić information content (AvgIpc) is 1.00. The van der Waals surface area contributed by atoms with Gasteiger partial charge in [0.2, 0.25) is 0 Å². The number of hydrogen-bond acceptors (Lipinski definition) is 1. The summed E-state index contributed by atoms with van der Waals surface area (Å²) < 4.78 is 8.28. The van der Waals surface area contributed by atoms with E-state index in [-0.39, 0.29) is 81.7 Å².